The third kappa shape index (κ3) is 3.80. The smallest absolute Gasteiger partial charge is 0.170 e. The van der Waals surface area contributed by atoms with Gasteiger partial charge in [0.2, 0.25) is 0 Å². The highest BCUT2D eigenvalue weighted by molar-refractivity contribution is 7.80. The molecule has 6 heteroatoms. The molecular formula is C23H30N4OS. The van der Waals surface area contributed by atoms with Crippen LogP contribution in [0.1, 0.15) is 74.5 Å². The van der Waals surface area contributed by atoms with Gasteiger partial charge in [0.15, 0.2) is 5.11 Å². The second kappa shape index (κ2) is 8.44. The van der Waals surface area contributed by atoms with Gasteiger partial charge in [-0.2, -0.15) is 0 Å². The van der Waals surface area contributed by atoms with Crippen LogP contribution in [0.3, 0.4) is 0 Å². The van der Waals surface area contributed by atoms with E-state index in [1.807, 2.05) is 12.3 Å². The lowest BCUT2D eigenvalue weighted by Gasteiger charge is -2.33. The molecule has 5 nitrogen and oxygen atoms in total. The van der Waals surface area contributed by atoms with Crippen LogP contribution in [0.25, 0.3) is 0 Å². The molecule has 3 fully saturated rings. The van der Waals surface area contributed by atoms with Crippen molar-refractivity contribution >= 4 is 17.3 Å². The molecule has 5 rings (SSSR count). The molecule has 0 radical (unpaired) electrons. The molecule has 3 unspecified atom stereocenters. The summed E-state index contributed by atoms with van der Waals surface area (Å²) >= 11 is 5.83. The summed E-state index contributed by atoms with van der Waals surface area (Å²) in [5.41, 5.74) is 2.39. The summed E-state index contributed by atoms with van der Waals surface area (Å²) in [6, 6.07) is 11.4. The Balaban J connectivity index is 1.51. The Labute approximate surface area is 178 Å². The minimum Gasteiger partial charge on any atom is -0.376 e. The zero-order chi connectivity index (χ0) is 19.6. The zero-order valence-electron chi connectivity index (χ0n) is 16.9. The number of hydrogen-bond acceptors (Lipinski definition) is 3. The van der Waals surface area contributed by atoms with E-state index in [4.69, 9.17) is 17.0 Å². The predicted octanol–water partition coefficient (Wildman–Crippen LogP) is 4.54. The second-order valence-corrected chi connectivity index (χ2v) is 8.93. The van der Waals surface area contributed by atoms with Crippen LogP contribution in [-0.4, -0.2) is 38.8 Å². The van der Waals surface area contributed by atoms with Crippen molar-refractivity contribution in [2.45, 2.75) is 69.2 Å². The first kappa shape index (κ1) is 19.1. The third-order valence-electron chi connectivity index (χ3n) is 6.71. The van der Waals surface area contributed by atoms with Crippen molar-refractivity contribution in [1.29, 1.82) is 0 Å². The number of nitrogens with one attached hydrogen (secondary N) is 1. The van der Waals surface area contributed by atoms with Crippen LogP contribution < -0.4 is 5.32 Å². The lowest BCUT2D eigenvalue weighted by molar-refractivity contribution is 0.0831. The van der Waals surface area contributed by atoms with Gasteiger partial charge in [0, 0.05) is 37.3 Å². The summed E-state index contributed by atoms with van der Waals surface area (Å²) in [6.45, 7) is 1.71. The predicted molar refractivity (Wildman–Crippen MR) is 118 cm³/mol. The Hall–Kier alpha value is -1.92. The quantitative estimate of drug-likeness (QED) is 0.733. The maximum absolute atomic E-state index is 5.96. The van der Waals surface area contributed by atoms with E-state index in [1.54, 1.807) is 0 Å². The molecule has 1 aliphatic carbocycles. The summed E-state index contributed by atoms with van der Waals surface area (Å²) in [5.74, 6) is 0. The van der Waals surface area contributed by atoms with Crippen LogP contribution in [-0.2, 0) is 4.74 Å². The van der Waals surface area contributed by atoms with E-state index in [1.165, 1.54) is 37.8 Å². The molecule has 1 saturated carbocycles. The van der Waals surface area contributed by atoms with Gasteiger partial charge in [-0.15, -0.1) is 0 Å². The fourth-order valence-corrected chi connectivity index (χ4v) is 5.60. The standard InChI is InChI=1S/C23H30N4OS/c29-23-25-21(19-11-4-5-13-24-19)22(27(23)16-18-10-7-15-28-18)20-12-6-14-26(20)17-8-2-1-3-9-17/h4-6,11-14,17-18,21-22H,1-3,7-10,15-16H2,(H,25,29). The fourth-order valence-electron chi connectivity index (χ4n) is 5.28. The van der Waals surface area contributed by atoms with Gasteiger partial charge in [-0.3, -0.25) is 4.98 Å². The van der Waals surface area contributed by atoms with Crippen LogP contribution in [0.4, 0.5) is 0 Å². The van der Waals surface area contributed by atoms with E-state index in [9.17, 15) is 0 Å². The number of nitrogens with zero attached hydrogens (tertiary/aromatic N) is 3. The highest BCUT2D eigenvalue weighted by Gasteiger charge is 2.42. The van der Waals surface area contributed by atoms with Crippen molar-refractivity contribution in [1.82, 2.24) is 19.8 Å². The highest BCUT2D eigenvalue weighted by atomic mass is 32.1. The van der Waals surface area contributed by atoms with E-state index < -0.39 is 0 Å². The Morgan fingerprint density at radius 3 is 2.72 bits per heavy atom. The number of rotatable bonds is 5. The first-order chi connectivity index (χ1) is 14.3. The van der Waals surface area contributed by atoms with Gasteiger partial charge in [0.1, 0.15) is 0 Å². The molecule has 2 aromatic heterocycles. The summed E-state index contributed by atoms with van der Waals surface area (Å²) in [5, 5.41) is 4.41. The van der Waals surface area contributed by atoms with E-state index in [-0.39, 0.29) is 18.2 Å². The molecular weight excluding hydrogens is 380 g/mol. The van der Waals surface area contributed by atoms with E-state index in [0.717, 1.165) is 36.8 Å². The Kier molecular flexibility index (Phi) is 5.55. The van der Waals surface area contributed by atoms with Gasteiger partial charge in [0.25, 0.3) is 0 Å². The molecule has 4 heterocycles. The normalized spacial score (nSPS) is 28.1. The molecule has 3 aliphatic rings. The summed E-state index contributed by atoms with van der Waals surface area (Å²) in [4.78, 5) is 7.03. The van der Waals surface area contributed by atoms with E-state index >= 15 is 0 Å². The molecule has 0 bridgehead atoms. The Morgan fingerprint density at radius 2 is 1.97 bits per heavy atom. The monoisotopic (exact) mass is 410 g/mol. The zero-order valence-corrected chi connectivity index (χ0v) is 17.7. The molecule has 2 aliphatic heterocycles. The molecule has 0 amide bonds. The second-order valence-electron chi connectivity index (χ2n) is 8.55. The molecule has 29 heavy (non-hydrogen) atoms. The lowest BCUT2D eigenvalue weighted by atomic mass is 9.94. The SMILES string of the molecule is S=C1NC(c2ccccn2)C(c2cccn2C2CCCCC2)N1CC1CCCO1. The number of hydrogen-bond donors (Lipinski definition) is 1. The minimum absolute atomic E-state index is 0.0577. The van der Waals surface area contributed by atoms with Crippen LogP contribution in [0, 0.1) is 0 Å². The van der Waals surface area contributed by atoms with Gasteiger partial charge in [-0.1, -0.05) is 25.3 Å². The number of ether oxygens (including phenoxy) is 1. The summed E-state index contributed by atoms with van der Waals surface area (Å²) in [6.07, 6.45) is 13.2. The van der Waals surface area contributed by atoms with Gasteiger partial charge < -0.3 is 19.5 Å². The molecule has 2 saturated heterocycles. The first-order valence-corrected chi connectivity index (χ1v) is 11.5. The molecule has 2 aromatic rings. The van der Waals surface area contributed by atoms with Crippen molar-refractivity contribution < 1.29 is 4.74 Å². The maximum Gasteiger partial charge on any atom is 0.170 e. The van der Waals surface area contributed by atoms with E-state index in [2.05, 4.69) is 50.2 Å². The number of thiocarbonyl (C=S) groups is 1. The molecule has 3 atom stereocenters. The third-order valence-corrected chi connectivity index (χ3v) is 7.06. The average molecular weight is 411 g/mol. The Bertz CT molecular complexity index is 826. The number of pyridine rings is 1. The van der Waals surface area contributed by atoms with Crippen molar-refractivity contribution in [3.63, 3.8) is 0 Å². The average Bonchev–Trinajstić information content (AvgIpc) is 3.51. The fraction of sp³-hybridized carbons (Fsp3) is 0.565. The van der Waals surface area contributed by atoms with Crippen molar-refractivity contribution in [3.8, 4) is 0 Å². The van der Waals surface area contributed by atoms with Crippen molar-refractivity contribution in [2.75, 3.05) is 13.2 Å². The molecule has 0 aromatic carbocycles. The van der Waals surface area contributed by atoms with Crippen molar-refractivity contribution in [3.05, 3.63) is 54.1 Å². The van der Waals surface area contributed by atoms with Crippen LogP contribution >= 0.6 is 12.2 Å². The summed E-state index contributed by atoms with van der Waals surface area (Å²) in [7, 11) is 0. The highest BCUT2D eigenvalue weighted by Crippen LogP contribution is 2.41. The van der Waals surface area contributed by atoms with Crippen LogP contribution in [0.5, 0.6) is 0 Å². The first-order valence-electron chi connectivity index (χ1n) is 11.1. The maximum atomic E-state index is 5.96. The lowest BCUT2D eigenvalue weighted by Crippen LogP contribution is -2.37. The molecule has 1 N–H and O–H groups in total. The van der Waals surface area contributed by atoms with Gasteiger partial charge in [-0.05, 0) is 62.2 Å². The Morgan fingerprint density at radius 1 is 1.07 bits per heavy atom. The molecule has 0 spiro atoms. The van der Waals surface area contributed by atoms with Gasteiger partial charge in [-0.25, -0.2) is 0 Å². The molecule has 154 valence electrons. The largest absolute Gasteiger partial charge is 0.376 e. The topological polar surface area (TPSA) is 42.3 Å². The summed E-state index contributed by atoms with van der Waals surface area (Å²) < 4.78 is 8.49. The van der Waals surface area contributed by atoms with Crippen molar-refractivity contribution in [2.24, 2.45) is 0 Å². The van der Waals surface area contributed by atoms with E-state index in [0.29, 0.717) is 6.04 Å². The van der Waals surface area contributed by atoms with Crippen LogP contribution in [0.2, 0.25) is 0 Å². The van der Waals surface area contributed by atoms with Crippen LogP contribution in [0.15, 0.2) is 42.7 Å². The number of aromatic nitrogens is 2. The minimum atomic E-state index is 0.0577. The van der Waals surface area contributed by atoms with Gasteiger partial charge >= 0.3 is 0 Å². The van der Waals surface area contributed by atoms with Gasteiger partial charge in [0.05, 0.1) is 23.9 Å².